The van der Waals surface area contributed by atoms with Crippen molar-refractivity contribution in [2.75, 3.05) is 26.2 Å². The molecule has 2 heterocycles. The Balaban J connectivity index is 1.49. The zero-order valence-electron chi connectivity index (χ0n) is 15.8. The Morgan fingerprint density at radius 2 is 1.61 bits per heavy atom. The largest absolute Gasteiger partial charge is 0.452 e. The number of esters is 1. The average molecular weight is 387 g/mol. The maximum absolute atomic E-state index is 12.3. The molecule has 0 radical (unpaired) electrons. The van der Waals surface area contributed by atoms with Gasteiger partial charge in [0.05, 0.1) is 18.7 Å². The van der Waals surface area contributed by atoms with E-state index in [1.165, 1.54) is 6.42 Å². The van der Waals surface area contributed by atoms with Gasteiger partial charge in [-0.25, -0.2) is 9.59 Å². The molecule has 8 nitrogen and oxygen atoms in total. The molecule has 0 atom stereocenters. The van der Waals surface area contributed by atoms with Gasteiger partial charge in [0.2, 0.25) is 5.91 Å². The fourth-order valence-electron chi connectivity index (χ4n) is 3.34. The third kappa shape index (κ3) is 5.09. The standard InChI is InChI=1S/C20H25N3O5/c24-17-12-21-20(27)23(17)13-15-6-8-16(9-7-15)19(26)28-14-18(25)22-10-4-2-1-3-5-11-22/h6-9H,1-5,10-14H2,(H,21,27). The normalized spacial score (nSPS) is 17.7. The molecule has 2 aliphatic heterocycles. The Hall–Kier alpha value is -2.90. The zero-order valence-corrected chi connectivity index (χ0v) is 15.8. The fourth-order valence-corrected chi connectivity index (χ4v) is 3.34. The second-order valence-corrected chi connectivity index (χ2v) is 7.06. The third-order valence-electron chi connectivity index (χ3n) is 5.00. The Kier molecular flexibility index (Phi) is 6.62. The summed E-state index contributed by atoms with van der Waals surface area (Å²) in [6.45, 7) is 1.33. The summed E-state index contributed by atoms with van der Waals surface area (Å²) in [6, 6.07) is 6.04. The molecular weight excluding hydrogens is 362 g/mol. The van der Waals surface area contributed by atoms with Crippen LogP contribution in [0.5, 0.6) is 0 Å². The van der Waals surface area contributed by atoms with Gasteiger partial charge in [-0.2, -0.15) is 0 Å². The monoisotopic (exact) mass is 387 g/mol. The number of imide groups is 1. The van der Waals surface area contributed by atoms with Gasteiger partial charge in [-0.05, 0) is 30.5 Å². The van der Waals surface area contributed by atoms with Crippen LogP contribution in [0.2, 0.25) is 0 Å². The van der Waals surface area contributed by atoms with Gasteiger partial charge < -0.3 is 15.0 Å². The third-order valence-corrected chi connectivity index (χ3v) is 5.00. The summed E-state index contributed by atoms with van der Waals surface area (Å²) < 4.78 is 5.16. The van der Waals surface area contributed by atoms with Gasteiger partial charge in [-0.3, -0.25) is 14.5 Å². The summed E-state index contributed by atoms with van der Waals surface area (Å²) in [5.74, 6) is -1.01. The molecule has 3 rings (SSSR count). The van der Waals surface area contributed by atoms with E-state index >= 15 is 0 Å². The summed E-state index contributed by atoms with van der Waals surface area (Å²) in [7, 11) is 0. The number of carbonyl (C=O) groups excluding carboxylic acids is 4. The highest BCUT2D eigenvalue weighted by atomic mass is 16.5. The smallest absolute Gasteiger partial charge is 0.338 e. The number of carbonyl (C=O) groups is 4. The molecule has 28 heavy (non-hydrogen) atoms. The molecule has 4 amide bonds. The van der Waals surface area contributed by atoms with Crippen LogP contribution in [0.3, 0.4) is 0 Å². The lowest BCUT2D eigenvalue weighted by Gasteiger charge is -2.24. The van der Waals surface area contributed by atoms with Crippen LogP contribution in [-0.2, 0) is 20.9 Å². The molecule has 1 aromatic carbocycles. The van der Waals surface area contributed by atoms with E-state index in [2.05, 4.69) is 5.32 Å². The SMILES string of the molecule is O=C(OCC(=O)N1CCCCCCC1)c1ccc(CN2C(=O)CNC2=O)cc1. The van der Waals surface area contributed by atoms with Crippen molar-refractivity contribution >= 4 is 23.8 Å². The number of hydrogen-bond acceptors (Lipinski definition) is 5. The maximum Gasteiger partial charge on any atom is 0.338 e. The first-order valence-electron chi connectivity index (χ1n) is 9.66. The number of benzene rings is 1. The van der Waals surface area contributed by atoms with E-state index in [0.717, 1.165) is 36.1 Å². The van der Waals surface area contributed by atoms with Gasteiger partial charge >= 0.3 is 12.0 Å². The van der Waals surface area contributed by atoms with E-state index in [1.54, 1.807) is 29.2 Å². The first-order valence-corrected chi connectivity index (χ1v) is 9.66. The summed E-state index contributed by atoms with van der Waals surface area (Å²) in [5.41, 5.74) is 1.04. The first kappa shape index (κ1) is 19.9. The maximum atomic E-state index is 12.3. The molecule has 0 aliphatic carbocycles. The van der Waals surface area contributed by atoms with Gasteiger partial charge in [0, 0.05) is 13.1 Å². The van der Waals surface area contributed by atoms with Crippen molar-refractivity contribution in [3.8, 4) is 0 Å². The van der Waals surface area contributed by atoms with Crippen LogP contribution in [0.1, 0.15) is 48.0 Å². The highest BCUT2D eigenvalue weighted by Crippen LogP contribution is 2.13. The molecule has 0 unspecified atom stereocenters. The summed E-state index contributed by atoms with van der Waals surface area (Å²) >= 11 is 0. The molecule has 1 N–H and O–H groups in total. The highest BCUT2D eigenvalue weighted by molar-refractivity contribution is 6.01. The predicted octanol–water partition coefficient (Wildman–Crippen LogP) is 1.69. The van der Waals surface area contributed by atoms with Crippen LogP contribution in [0.4, 0.5) is 4.79 Å². The van der Waals surface area contributed by atoms with Gasteiger partial charge in [0.1, 0.15) is 0 Å². The van der Waals surface area contributed by atoms with Crippen molar-refractivity contribution in [3.63, 3.8) is 0 Å². The first-order chi connectivity index (χ1) is 13.5. The molecule has 2 fully saturated rings. The number of nitrogens with zero attached hydrogens (tertiary/aromatic N) is 2. The van der Waals surface area contributed by atoms with Gasteiger partial charge in [0.25, 0.3) is 5.91 Å². The lowest BCUT2D eigenvalue weighted by Crippen LogP contribution is -2.36. The molecule has 8 heteroatoms. The second-order valence-electron chi connectivity index (χ2n) is 7.06. The van der Waals surface area contributed by atoms with Crippen molar-refractivity contribution in [2.24, 2.45) is 0 Å². The van der Waals surface area contributed by atoms with Gasteiger partial charge in [-0.15, -0.1) is 0 Å². The molecule has 2 saturated heterocycles. The Morgan fingerprint density at radius 3 is 2.21 bits per heavy atom. The number of nitrogens with one attached hydrogen (secondary N) is 1. The van der Waals surface area contributed by atoms with Crippen molar-refractivity contribution in [1.29, 1.82) is 0 Å². The lowest BCUT2D eigenvalue weighted by atomic mass is 10.1. The molecule has 150 valence electrons. The molecule has 1 aromatic rings. The summed E-state index contributed by atoms with van der Waals surface area (Å²) in [4.78, 5) is 50.6. The Morgan fingerprint density at radius 1 is 0.964 bits per heavy atom. The van der Waals surface area contributed by atoms with Crippen LogP contribution in [0.15, 0.2) is 24.3 Å². The van der Waals surface area contributed by atoms with Crippen LogP contribution in [-0.4, -0.2) is 59.9 Å². The van der Waals surface area contributed by atoms with Crippen molar-refractivity contribution in [1.82, 2.24) is 15.1 Å². The molecule has 0 bridgehead atoms. The number of ether oxygens (including phenoxy) is 1. The average Bonchev–Trinajstić information content (AvgIpc) is 2.98. The number of hydrogen-bond donors (Lipinski definition) is 1. The van der Waals surface area contributed by atoms with Crippen molar-refractivity contribution in [2.45, 2.75) is 38.6 Å². The topological polar surface area (TPSA) is 96.0 Å². The van der Waals surface area contributed by atoms with Crippen LogP contribution in [0, 0.1) is 0 Å². The van der Waals surface area contributed by atoms with E-state index in [-0.39, 0.29) is 31.5 Å². The van der Waals surface area contributed by atoms with Crippen LogP contribution >= 0.6 is 0 Å². The number of urea groups is 1. The number of rotatable bonds is 5. The Bertz CT molecular complexity index is 723. The Labute approximate surface area is 163 Å². The summed E-state index contributed by atoms with van der Waals surface area (Å²) in [6.07, 6.45) is 5.43. The van der Waals surface area contributed by atoms with E-state index in [0.29, 0.717) is 18.7 Å². The van der Waals surface area contributed by atoms with E-state index in [1.807, 2.05) is 0 Å². The minimum absolute atomic E-state index is 0.00822. The molecule has 0 spiro atoms. The van der Waals surface area contributed by atoms with Crippen molar-refractivity contribution < 1.29 is 23.9 Å². The van der Waals surface area contributed by atoms with E-state index in [4.69, 9.17) is 4.74 Å². The number of likely N-dealkylation sites (tertiary alicyclic amines) is 1. The van der Waals surface area contributed by atoms with Gasteiger partial charge in [-0.1, -0.05) is 31.4 Å². The highest BCUT2D eigenvalue weighted by Gasteiger charge is 2.28. The molecular formula is C20H25N3O5. The minimum atomic E-state index is -0.568. The molecule has 0 saturated carbocycles. The minimum Gasteiger partial charge on any atom is -0.452 e. The van der Waals surface area contributed by atoms with E-state index in [9.17, 15) is 19.2 Å². The summed E-state index contributed by atoms with van der Waals surface area (Å²) in [5, 5.41) is 2.46. The lowest BCUT2D eigenvalue weighted by molar-refractivity contribution is -0.134. The van der Waals surface area contributed by atoms with Gasteiger partial charge in [0.15, 0.2) is 6.61 Å². The molecule has 2 aliphatic rings. The fraction of sp³-hybridized carbons (Fsp3) is 0.500. The number of amides is 4. The second kappa shape index (κ2) is 9.34. The van der Waals surface area contributed by atoms with E-state index < -0.39 is 12.0 Å². The van der Waals surface area contributed by atoms with Crippen molar-refractivity contribution in [3.05, 3.63) is 35.4 Å². The van der Waals surface area contributed by atoms with Crippen LogP contribution in [0.25, 0.3) is 0 Å². The zero-order chi connectivity index (χ0) is 19.9. The van der Waals surface area contributed by atoms with Crippen LogP contribution < -0.4 is 5.32 Å². The molecule has 0 aromatic heterocycles. The quantitative estimate of drug-likeness (QED) is 0.613. The predicted molar refractivity (Wildman–Crippen MR) is 100 cm³/mol.